The molecule has 0 saturated heterocycles. The monoisotopic (exact) mass is 196 g/mol. The molecule has 0 aliphatic heterocycles. The molecule has 0 spiro atoms. The highest BCUT2D eigenvalue weighted by Crippen LogP contribution is 2.13. The van der Waals surface area contributed by atoms with E-state index in [1.54, 1.807) is 4.57 Å². The lowest BCUT2D eigenvalue weighted by atomic mass is 10.3. The number of rotatable bonds is 3. The number of methoxy groups -OCH3 is 1. The van der Waals surface area contributed by atoms with Gasteiger partial charge in [0.25, 0.3) is 0 Å². The van der Waals surface area contributed by atoms with Crippen LogP contribution >= 0.6 is 0 Å². The zero-order chi connectivity index (χ0) is 10.7. The fraction of sp³-hybridized carbons (Fsp3) is 0.444. The fourth-order valence-electron chi connectivity index (χ4n) is 1.26. The first kappa shape index (κ1) is 10.4. The molecule has 0 atom stereocenters. The minimum Gasteiger partial charge on any atom is -0.464 e. The third-order valence-corrected chi connectivity index (χ3v) is 1.84. The van der Waals surface area contributed by atoms with Gasteiger partial charge >= 0.3 is 5.97 Å². The predicted octanol–water partition coefficient (Wildman–Crippen LogP) is 1.06. The molecule has 0 radical (unpaired) electrons. The number of ether oxygens (including phenoxy) is 1. The summed E-state index contributed by atoms with van der Waals surface area (Å²) in [6.45, 7) is 3.72. The predicted molar refractivity (Wildman–Crippen MR) is 49.3 cm³/mol. The third-order valence-electron chi connectivity index (χ3n) is 1.84. The largest absolute Gasteiger partial charge is 0.464 e. The van der Waals surface area contributed by atoms with E-state index in [-0.39, 0.29) is 11.9 Å². The normalized spacial score (nSPS) is 10.3. The number of esters is 1. The molecular formula is C9H12N2O3. The Balaban J connectivity index is 3.24. The molecule has 0 aliphatic rings. The van der Waals surface area contributed by atoms with Gasteiger partial charge in [0.15, 0.2) is 12.1 Å². The lowest BCUT2D eigenvalue weighted by molar-refractivity contribution is 0.0586. The Labute approximate surface area is 81.7 Å². The number of aldehydes is 1. The summed E-state index contributed by atoms with van der Waals surface area (Å²) < 4.78 is 6.11. The molecule has 76 valence electrons. The zero-order valence-corrected chi connectivity index (χ0v) is 8.35. The van der Waals surface area contributed by atoms with Crippen molar-refractivity contribution in [1.29, 1.82) is 0 Å². The number of carbonyl (C=O) groups excluding carboxylic acids is 2. The van der Waals surface area contributed by atoms with E-state index in [4.69, 9.17) is 0 Å². The molecule has 0 aromatic carbocycles. The van der Waals surface area contributed by atoms with E-state index in [2.05, 4.69) is 9.72 Å². The van der Waals surface area contributed by atoms with Crippen LogP contribution < -0.4 is 0 Å². The Morgan fingerprint density at radius 1 is 1.64 bits per heavy atom. The average Bonchev–Trinajstić information content (AvgIpc) is 2.59. The van der Waals surface area contributed by atoms with Crippen molar-refractivity contribution in [2.45, 2.75) is 19.9 Å². The molecule has 14 heavy (non-hydrogen) atoms. The van der Waals surface area contributed by atoms with E-state index < -0.39 is 5.97 Å². The van der Waals surface area contributed by atoms with Crippen molar-refractivity contribution in [2.75, 3.05) is 7.11 Å². The molecule has 0 saturated carbocycles. The van der Waals surface area contributed by atoms with E-state index in [1.165, 1.54) is 13.3 Å². The van der Waals surface area contributed by atoms with Gasteiger partial charge < -0.3 is 9.30 Å². The highest BCUT2D eigenvalue weighted by atomic mass is 16.5. The van der Waals surface area contributed by atoms with Gasteiger partial charge in [-0.3, -0.25) is 4.79 Å². The van der Waals surface area contributed by atoms with Gasteiger partial charge in [0, 0.05) is 6.04 Å². The van der Waals surface area contributed by atoms with Crippen LogP contribution in [0.2, 0.25) is 0 Å². The van der Waals surface area contributed by atoms with Crippen LogP contribution in [0.15, 0.2) is 6.20 Å². The second kappa shape index (κ2) is 4.04. The van der Waals surface area contributed by atoms with Crippen molar-refractivity contribution in [3.63, 3.8) is 0 Å². The summed E-state index contributed by atoms with van der Waals surface area (Å²) in [5, 5.41) is 0. The highest BCUT2D eigenvalue weighted by molar-refractivity contribution is 5.88. The van der Waals surface area contributed by atoms with Gasteiger partial charge in [0.1, 0.15) is 5.69 Å². The van der Waals surface area contributed by atoms with Gasteiger partial charge in [-0.2, -0.15) is 0 Å². The van der Waals surface area contributed by atoms with E-state index in [1.807, 2.05) is 13.8 Å². The number of hydrogen-bond acceptors (Lipinski definition) is 4. The SMILES string of the molecule is COC(=O)c1cnc(C=O)n1C(C)C. The standard InChI is InChI=1S/C9H12N2O3/c1-6(2)11-7(9(13)14-3)4-10-8(11)5-12/h4-6H,1-3H3. The number of imidazole rings is 1. The fourth-order valence-corrected chi connectivity index (χ4v) is 1.26. The van der Waals surface area contributed by atoms with Crippen molar-refractivity contribution in [2.24, 2.45) is 0 Å². The van der Waals surface area contributed by atoms with E-state index in [0.29, 0.717) is 12.0 Å². The van der Waals surface area contributed by atoms with Gasteiger partial charge in [-0.25, -0.2) is 9.78 Å². The van der Waals surface area contributed by atoms with Crippen LogP contribution in [0.1, 0.15) is 41.0 Å². The van der Waals surface area contributed by atoms with Crippen LogP contribution in [0.4, 0.5) is 0 Å². The van der Waals surface area contributed by atoms with Crippen LogP contribution in [0.3, 0.4) is 0 Å². The van der Waals surface area contributed by atoms with Gasteiger partial charge in [0.05, 0.1) is 13.3 Å². The minimum absolute atomic E-state index is 0.00759. The molecule has 5 nitrogen and oxygen atoms in total. The lowest BCUT2D eigenvalue weighted by Crippen LogP contribution is -2.14. The molecule has 1 rings (SSSR count). The lowest BCUT2D eigenvalue weighted by Gasteiger charge is -2.11. The molecule has 1 aromatic rings. The van der Waals surface area contributed by atoms with Crippen molar-refractivity contribution in [1.82, 2.24) is 9.55 Å². The molecule has 1 heterocycles. The maximum Gasteiger partial charge on any atom is 0.356 e. The first-order valence-electron chi connectivity index (χ1n) is 4.22. The van der Waals surface area contributed by atoms with Crippen LogP contribution in [-0.2, 0) is 4.74 Å². The van der Waals surface area contributed by atoms with Crippen LogP contribution in [0.5, 0.6) is 0 Å². The van der Waals surface area contributed by atoms with Crippen LogP contribution in [-0.4, -0.2) is 28.9 Å². The minimum atomic E-state index is -0.487. The molecular weight excluding hydrogens is 184 g/mol. The molecule has 0 unspecified atom stereocenters. The smallest absolute Gasteiger partial charge is 0.356 e. The summed E-state index contributed by atoms with van der Waals surface area (Å²) in [5.41, 5.74) is 0.296. The van der Waals surface area contributed by atoms with Gasteiger partial charge in [-0.15, -0.1) is 0 Å². The summed E-state index contributed by atoms with van der Waals surface area (Å²) in [6.07, 6.45) is 1.96. The maximum absolute atomic E-state index is 11.3. The maximum atomic E-state index is 11.3. The summed E-state index contributed by atoms with van der Waals surface area (Å²) in [4.78, 5) is 25.7. The van der Waals surface area contributed by atoms with E-state index in [0.717, 1.165) is 0 Å². The molecule has 0 aliphatic carbocycles. The Kier molecular flexibility index (Phi) is 3.01. The second-order valence-electron chi connectivity index (χ2n) is 3.07. The number of hydrogen-bond donors (Lipinski definition) is 0. The quantitative estimate of drug-likeness (QED) is 0.535. The molecule has 0 N–H and O–H groups in total. The number of aromatic nitrogens is 2. The molecule has 0 bridgehead atoms. The molecule has 5 heteroatoms. The molecule has 0 amide bonds. The van der Waals surface area contributed by atoms with Crippen molar-refractivity contribution in [3.05, 3.63) is 17.7 Å². The summed E-state index contributed by atoms with van der Waals surface area (Å²) >= 11 is 0. The summed E-state index contributed by atoms with van der Waals surface area (Å²) in [6, 6.07) is -0.00759. The summed E-state index contributed by atoms with van der Waals surface area (Å²) in [7, 11) is 1.29. The Hall–Kier alpha value is -1.65. The van der Waals surface area contributed by atoms with Crippen LogP contribution in [0.25, 0.3) is 0 Å². The molecule has 0 fully saturated rings. The summed E-state index contributed by atoms with van der Waals surface area (Å²) in [5.74, 6) is -0.250. The second-order valence-corrected chi connectivity index (χ2v) is 3.07. The van der Waals surface area contributed by atoms with E-state index >= 15 is 0 Å². The highest BCUT2D eigenvalue weighted by Gasteiger charge is 2.18. The van der Waals surface area contributed by atoms with Crippen molar-refractivity contribution >= 4 is 12.3 Å². The van der Waals surface area contributed by atoms with Gasteiger partial charge in [-0.05, 0) is 13.8 Å². The number of nitrogens with zero attached hydrogens (tertiary/aromatic N) is 2. The third kappa shape index (κ3) is 1.66. The van der Waals surface area contributed by atoms with Gasteiger partial charge in [-0.1, -0.05) is 0 Å². The Bertz CT molecular complexity index is 355. The van der Waals surface area contributed by atoms with Gasteiger partial charge in [0.2, 0.25) is 0 Å². The van der Waals surface area contributed by atoms with Crippen molar-refractivity contribution < 1.29 is 14.3 Å². The molecule has 1 aromatic heterocycles. The van der Waals surface area contributed by atoms with Crippen molar-refractivity contribution in [3.8, 4) is 0 Å². The van der Waals surface area contributed by atoms with E-state index in [9.17, 15) is 9.59 Å². The average molecular weight is 196 g/mol. The zero-order valence-electron chi connectivity index (χ0n) is 8.35. The topological polar surface area (TPSA) is 61.2 Å². The first-order valence-corrected chi connectivity index (χ1v) is 4.22. The van der Waals surface area contributed by atoms with Crippen LogP contribution in [0, 0.1) is 0 Å². The first-order chi connectivity index (χ1) is 6.61. The number of carbonyl (C=O) groups is 2. The Morgan fingerprint density at radius 3 is 2.71 bits per heavy atom. The Morgan fingerprint density at radius 2 is 2.29 bits per heavy atom.